The first-order valence-corrected chi connectivity index (χ1v) is 9.95. The molecule has 1 aromatic carbocycles. The monoisotopic (exact) mass is 389 g/mol. The summed E-state index contributed by atoms with van der Waals surface area (Å²) in [5.41, 5.74) is 1.83. The number of rotatable bonds is 8. The van der Waals surface area contributed by atoms with Crippen molar-refractivity contribution in [2.45, 2.75) is 6.42 Å². The molecule has 9 heteroatoms. The number of halogens is 1. The average molecular weight is 390 g/mol. The van der Waals surface area contributed by atoms with Gasteiger partial charge in [-0.3, -0.25) is 4.90 Å². The maximum absolute atomic E-state index is 6.33. The third kappa shape index (κ3) is 4.70. The lowest BCUT2D eigenvalue weighted by atomic mass is 10.1. The SMILES string of the molecule is Clc1cc(CCNCC[N+]23CCN(CC2)CC3)ccc1N=Nc1nnc[nH]1. The second-order valence-corrected chi connectivity index (χ2v) is 7.78. The zero-order valence-corrected chi connectivity index (χ0v) is 16.2. The van der Waals surface area contributed by atoms with E-state index in [0.29, 0.717) is 16.7 Å². The number of fused-ring (bicyclic) bond motifs is 3. The summed E-state index contributed by atoms with van der Waals surface area (Å²) in [6.45, 7) is 11.1. The van der Waals surface area contributed by atoms with E-state index in [9.17, 15) is 0 Å². The minimum Gasteiger partial charge on any atom is -0.319 e. The van der Waals surface area contributed by atoms with E-state index < -0.39 is 0 Å². The fourth-order valence-corrected chi connectivity index (χ4v) is 4.12. The van der Waals surface area contributed by atoms with E-state index in [-0.39, 0.29) is 0 Å². The number of piperazine rings is 3. The Kier molecular flexibility index (Phi) is 5.77. The van der Waals surface area contributed by atoms with Crippen molar-refractivity contribution >= 4 is 23.2 Å². The number of hydrogen-bond donors (Lipinski definition) is 2. The summed E-state index contributed by atoms with van der Waals surface area (Å²) in [7, 11) is 0. The van der Waals surface area contributed by atoms with Gasteiger partial charge in [-0.25, -0.2) is 0 Å². The zero-order chi connectivity index (χ0) is 18.5. The summed E-state index contributed by atoms with van der Waals surface area (Å²) >= 11 is 6.33. The highest BCUT2D eigenvalue weighted by Gasteiger charge is 2.37. The summed E-state index contributed by atoms with van der Waals surface area (Å²) in [6.07, 6.45) is 2.41. The Bertz CT molecular complexity index is 754. The summed E-state index contributed by atoms with van der Waals surface area (Å²) in [4.78, 5) is 5.36. The van der Waals surface area contributed by atoms with Crippen LogP contribution < -0.4 is 5.32 Å². The molecular formula is C18H26ClN8+. The van der Waals surface area contributed by atoms with Crippen LogP contribution in [-0.4, -0.2) is 83.5 Å². The van der Waals surface area contributed by atoms with Crippen LogP contribution in [0.5, 0.6) is 0 Å². The molecule has 3 saturated heterocycles. The van der Waals surface area contributed by atoms with Crippen molar-refractivity contribution in [3.8, 4) is 0 Å². The van der Waals surface area contributed by atoms with Crippen molar-refractivity contribution in [2.75, 3.05) is 58.9 Å². The molecule has 8 nitrogen and oxygen atoms in total. The number of nitrogens with zero attached hydrogens (tertiary/aromatic N) is 6. The van der Waals surface area contributed by atoms with Crippen LogP contribution in [0.3, 0.4) is 0 Å². The number of benzene rings is 1. The van der Waals surface area contributed by atoms with Gasteiger partial charge in [0, 0.05) is 26.2 Å². The Labute approximate surface area is 164 Å². The topological polar surface area (TPSA) is 81.6 Å². The lowest BCUT2D eigenvalue weighted by Crippen LogP contribution is -2.68. The molecule has 0 amide bonds. The molecule has 0 unspecified atom stereocenters. The highest BCUT2D eigenvalue weighted by Crippen LogP contribution is 2.27. The van der Waals surface area contributed by atoms with Gasteiger partial charge in [0.05, 0.1) is 31.2 Å². The first-order valence-electron chi connectivity index (χ1n) is 9.57. The Hall–Kier alpha value is -1.87. The number of azo groups is 1. The van der Waals surface area contributed by atoms with Crippen molar-refractivity contribution in [1.29, 1.82) is 0 Å². The first kappa shape index (κ1) is 18.5. The van der Waals surface area contributed by atoms with E-state index in [1.54, 1.807) is 0 Å². The molecule has 3 aliphatic heterocycles. The molecule has 27 heavy (non-hydrogen) atoms. The minimum atomic E-state index is 0.362. The average Bonchev–Trinajstić information content (AvgIpc) is 3.22. The van der Waals surface area contributed by atoms with E-state index >= 15 is 0 Å². The lowest BCUT2D eigenvalue weighted by molar-refractivity contribution is -0.939. The number of hydrogen-bond acceptors (Lipinski definition) is 6. The standard InChI is InChI=1S/C18H26ClN8/c19-16-13-15(1-2-17(16)23-25-18-21-14-22-24-18)3-4-20-5-9-27-10-6-26(7-11-27)8-12-27/h1-2,13-14,20H,3-12H2,(H,21,22,24)/q+1. The van der Waals surface area contributed by atoms with Gasteiger partial charge in [-0.05, 0) is 30.7 Å². The molecule has 144 valence electrons. The highest BCUT2D eigenvalue weighted by molar-refractivity contribution is 6.33. The van der Waals surface area contributed by atoms with E-state index in [2.05, 4.69) is 35.6 Å². The molecular weight excluding hydrogens is 364 g/mol. The molecule has 2 N–H and O–H groups in total. The van der Waals surface area contributed by atoms with Crippen molar-refractivity contribution < 1.29 is 4.48 Å². The van der Waals surface area contributed by atoms with Crippen LogP contribution in [-0.2, 0) is 6.42 Å². The third-order valence-electron chi connectivity index (χ3n) is 5.69. The minimum absolute atomic E-state index is 0.362. The van der Waals surface area contributed by atoms with Gasteiger partial charge in [-0.1, -0.05) is 17.7 Å². The van der Waals surface area contributed by atoms with Gasteiger partial charge in [0.1, 0.15) is 12.0 Å². The lowest BCUT2D eigenvalue weighted by Gasteiger charge is -2.50. The molecule has 2 bridgehead atoms. The number of quaternary nitrogens is 1. The second-order valence-electron chi connectivity index (χ2n) is 7.38. The Balaban J connectivity index is 1.21. The second kappa shape index (κ2) is 8.43. The number of aromatic amines is 1. The van der Waals surface area contributed by atoms with Crippen LogP contribution >= 0.6 is 11.6 Å². The number of aromatic nitrogens is 3. The molecule has 0 atom stereocenters. The molecule has 0 aliphatic carbocycles. The van der Waals surface area contributed by atoms with E-state index in [1.165, 1.54) is 62.2 Å². The van der Waals surface area contributed by atoms with E-state index in [0.717, 1.165) is 19.5 Å². The van der Waals surface area contributed by atoms with Gasteiger partial charge in [0.2, 0.25) is 0 Å². The van der Waals surface area contributed by atoms with Gasteiger partial charge >= 0.3 is 0 Å². The number of H-pyrrole nitrogens is 1. The summed E-state index contributed by atoms with van der Waals surface area (Å²) in [5, 5.41) is 19.7. The Morgan fingerprint density at radius 2 is 1.96 bits per heavy atom. The molecule has 2 aromatic rings. The molecule has 5 rings (SSSR count). The molecule has 0 saturated carbocycles. The van der Waals surface area contributed by atoms with Crippen LogP contribution in [0.4, 0.5) is 11.6 Å². The van der Waals surface area contributed by atoms with Gasteiger partial charge in [0.25, 0.3) is 5.95 Å². The maximum atomic E-state index is 6.33. The van der Waals surface area contributed by atoms with Gasteiger partial charge in [-0.2, -0.15) is 0 Å². The summed E-state index contributed by atoms with van der Waals surface area (Å²) in [5.74, 6) is 0.362. The first-order chi connectivity index (χ1) is 13.2. The summed E-state index contributed by atoms with van der Waals surface area (Å²) < 4.78 is 1.31. The normalized spacial score (nSPS) is 24.7. The van der Waals surface area contributed by atoms with Gasteiger partial charge in [0.15, 0.2) is 0 Å². The molecule has 0 spiro atoms. The predicted octanol–water partition coefficient (Wildman–Crippen LogP) is 2.15. The van der Waals surface area contributed by atoms with Crippen LogP contribution in [0.15, 0.2) is 34.8 Å². The predicted molar refractivity (Wildman–Crippen MR) is 105 cm³/mol. The molecule has 3 aliphatic rings. The molecule has 3 fully saturated rings. The highest BCUT2D eigenvalue weighted by atomic mass is 35.5. The molecule has 1 aromatic heterocycles. The largest absolute Gasteiger partial charge is 0.319 e. The molecule has 4 heterocycles. The van der Waals surface area contributed by atoms with Gasteiger partial charge < -0.3 is 14.8 Å². The fourth-order valence-electron chi connectivity index (χ4n) is 3.88. The van der Waals surface area contributed by atoms with Gasteiger partial charge in [-0.15, -0.1) is 20.4 Å². The van der Waals surface area contributed by atoms with Crippen LogP contribution in [0, 0.1) is 0 Å². The Morgan fingerprint density at radius 1 is 1.15 bits per heavy atom. The van der Waals surface area contributed by atoms with Crippen molar-refractivity contribution in [3.63, 3.8) is 0 Å². The Morgan fingerprint density at radius 3 is 2.67 bits per heavy atom. The van der Waals surface area contributed by atoms with E-state index in [4.69, 9.17) is 11.6 Å². The summed E-state index contributed by atoms with van der Waals surface area (Å²) in [6, 6.07) is 5.90. The smallest absolute Gasteiger partial charge is 0.267 e. The van der Waals surface area contributed by atoms with Crippen LogP contribution in [0.25, 0.3) is 0 Å². The zero-order valence-electron chi connectivity index (χ0n) is 15.4. The quantitative estimate of drug-likeness (QED) is 0.412. The van der Waals surface area contributed by atoms with Crippen LogP contribution in [0.2, 0.25) is 5.02 Å². The number of nitrogens with one attached hydrogen (secondary N) is 2. The van der Waals surface area contributed by atoms with Crippen molar-refractivity contribution in [1.82, 2.24) is 25.4 Å². The third-order valence-corrected chi connectivity index (χ3v) is 6.00. The van der Waals surface area contributed by atoms with Crippen LogP contribution in [0.1, 0.15) is 5.56 Å². The van der Waals surface area contributed by atoms with Crippen molar-refractivity contribution in [2.24, 2.45) is 10.2 Å². The molecule has 0 radical (unpaired) electrons. The van der Waals surface area contributed by atoms with Crippen molar-refractivity contribution in [3.05, 3.63) is 35.1 Å². The van der Waals surface area contributed by atoms with E-state index in [1.807, 2.05) is 18.2 Å². The maximum Gasteiger partial charge on any atom is 0.267 e. The fraction of sp³-hybridized carbons (Fsp3) is 0.556.